The molecule has 0 amide bonds. The predicted molar refractivity (Wildman–Crippen MR) is 57.0 cm³/mol. The Morgan fingerprint density at radius 2 is 1.91 bits per heavy atom. The maximum atomic E-state index is 3.31. The van der Waals surface area contributed by atoms with Crippen LogP contribution in [0.3, 0.4) is 0 Å². The second-order valence-electron chi connectivity index (χ2n) is 2.52. The van der Waals surface area contributed by atoms with Crippen molar-refractivity contribution < 1.29 is 0 Å². The first-order valence-electron chi connectivity index (χ1n) is 3.34. The second kappa shape index (κ2) is 3.74. The van der Waals surface area contributed by atoms with Gasteiger partial charge in [0.1, 0.15) is 0 Å². The highest BCUT2D eigenvalue weighted by Gasteiger charge is 2.08. The van der Waals surface area contributed by atoms with Crippen molar-refractivity contribution in [3.63, 3.8) is 0 Å². The fraction of sp³-hybridized carbons (Fsp3) is 0.250. The Morgan fingerprint density at radius 3 is 2.73 bits per heavy atom. The maximum Gasteiger partial charge on any atom is 0.0212 e. The summed E-state index contributed by atoms with van der Waals surface area (Å²) >= 11 is 2.35. The maximum absolute atomic E-state index is 3.31. The number of nitrogens with one attached hydrogen (secondary N) is 1. The smallest absolute Gasteiger partial charge is 0.0212 e. The zero-order valence-corrected chi connectivity index (χ0v) is 8.91. The van der Waals surface area contributed by atoms with Gasteiger partial charge in [0.25, 0.3) is 0 Å². The number of hydrogen-bond donors (Lipinski definition) is 1. The lowest BCUT2D eigenvalue weighted by molar-refractivity contribution is 0.765. The van der Waals surface area contributed by atoms with E-state index in [-0.39, 0.29) is 12.4 Å². The highest BCUT2D eigenvalue weighted by atomic mass is 127. The molecule has 3 heteroatoms. The van der Waals surface area contributed by atoms with Gasteiger partial charge in [0.15, 0.2) is 0 Å². The molecule has 60 valence electrons. The molecule has 0 bridgehead atoms. The van der Waals surface area contributed by atoms with E-state index in [0.717, 1.165) is 13.1 Å². The average Bonchev–Trinajstić information content (AvgIpc) is 2.33. The number of benzene rings is 1. The van der Waals surface area contributed by atoms with E-state index in [1.807, 2.05) is 0 Å². The molecule has 0 radical (unpaired) electrons. The lowest BCUT2D eigenvalue weighted by atomic mass is 10.1. The standard InChI is InChI=1S/C8H8IN.ClH/c9-8-2-1-6-4-10-5-7(6)3-8;/h1-3,10H,4-5H2;1H. The van der Waals surface area contributed by atoms with Crippen LogP contribution in [0, 0.1) is 3.57 Å². The summed E-state index contributed by atoms with van der Waals surface area (Å²) in [6.07, 6.45) is 0. The van der Waals surface area contributed by atoms with Crippen LogP contribution in [-0.2, 0) is 13.1 Å². The Labute approximate surface area is 86.1 Å². The van der Waals surface area contributed by atoms with Gasteiger partial charge in [-0.25, -0.2) is 0 Å². The van der Waals surface area contributed by atoms with Crippen LogP contribution in [0.2, 0.25) is 0 Å². The molecule has 11 heavy (non-hydrogen) atoms. The van der Waals surface area contributed by atoms with E-state index in [1.54, 1.807) is 0 Å². The Hall–Kier alpha value is 0.200. The van der Waals surface area contributed by atoms with E-state index in [4.69, 9.17) is 0 Å². The molecule has 1 aliphatic heterocycles. The lowest BCUT2D eigenvalue weighted by Crippen LogP contribution is -1.99. The van der Waals surface area contributed by atoms with Crippen LogP contribution < -0.4 is 5.32 Å². The Morgan fingerprint density at radius 1 is 1.18 bits per heavy atom. The first kappa shape index (κ1) is 9.29. The summed E-state index contributed by atoms with van der Waals surface area (Å²) in [6.45, 7) is 2.10. The zero-order valence-electron chi connectivity index (χ0n) is 5.93. The van der Waals surface area contributed by atoms with E-state index in [1.165, 1.54) is 14.7 Å². The van der Waals surface area contributed by atoms with E-state index < -0.39 is 0 Å². The molecule has 2 rings (SSSR count). The minimum absolute atomic E-state index is 0. The summed E-state index contributed by atoms with van der Waals surface area (Å²) in [5, 5.41) is 3.31. The highest BCUT2D eigenvalue weighted by Crippen LogP contribution is 2.17. The van der Waals surface area contributed by atoms with Gasteiger partial charge in [-0.3, -0.25) is 0 Å². The molecule has 1 nitrogen and oxygen atoms in total. The van der Waals surface area contributed by atoms with Gasteiger partial charge in [0, 0.05) is 16.7 Å². The third-order valence-electron chi connectivity index (χ3n) is 1.80. The van der Waals surface area contributed by atoms with Crippen LogP contribution in [0.15, 0.2) is 18.2 Å². The van der Waals surface area contributed by atoms with Crippen molar-refractivity contribution in [2.75, 3.05) is 0 Å². The van der Waals surface area contributed by atoms with E-state index in [9.17, 15) is 0 Å². The Balaban J connectivity index is 0.000000605. The van der Waals surface area contributed by atoms with Gasteiger partial charge in [-0.2, -0.15) is 0 Å². The zero-order chi connectivity index (χ0) is 6.97. The predicted octanol–water partition coefficient (Wildman–Crippen LogP) is 2.32. The van der Waals surface area contributed by atoms with Crippen LogP contribution in [-0.4, -0.2) is 0 Å². The van der Waals surface area contributed by atoms with Gasteiger partial charge in [-0.1, -0.05) is 6.07 Å². The molecule has 1 aliphatic rings. The first-order chi connectivity index (χ1) is 4.86. The second-order valence-corrected chi connectivity index (χ2v) is 3.76. The summed E-state index contributed by atoms with van der Waals surface area (Å²) in [7, 11) is 0. The molecule has 0 aromatic heterocycles. The van der Waals surface area contributed by atoms with E-state index >= 15 is 0 Å². The van der Waals surface area contributed by atoms with Gasteiger partial charge >= 0.3 is 0 Å². The molecule has 0 fully saturated rings. The molecule has 1 N–H and O–H groups in total. The van der Waals surface area contributed by atoms with Crippen molar-refractivity contribution >= 4 is 35.0 Å². The Kier molecular flexibility index (Phi) is 3.16. The molecule has 1 aromatic carbocycles. The average molecular weight is 282 g/mol. The minimum Gasteiger partial charge on any atom is -0.309 e. The van der Waals surface area contributed by atoms with Crippen LogP contribution in [0.4, 0.5) is 0 Å². The van der Waals surface area contributed by atoms with Crippen molar-refractivity contribution in [1.29, 1.82) is 0 Å². The monoisotopic (exact) mass is 281 g/mol. The first-order valence-corrected chi connectivity index (χ1v) is 4.42. The number of hydrogen-bond acceptors (Lipinski definition) is 1. The number of halogens is 2. The Bertz CT molecular complexity index is 262. The van der Waals surface area contributed by atoms with Crippen LogP contribution in [0.1, 0.15) is 11.1 Å². The fourth-order valence-corrected chi connectivity index (χ4v) is 1.82. The summed E-state index contributed by atoms with van der Waals surface area (Å²) in [4.78, 5) is 0. The minimum atomic E-state index is 0. The fourth-order valence-electron chi connectivity index (χ4n) is 1.26. The summed E-state index contributed by atoms with van der Waals surface area (Å²) in [5.41, 5.74) is 2.92. The van der Waals surface area contributed by atoms with Crippen LogP contribution >= 0.6 is 35.0 Å². The van der Waals surface area contributed by atoms with Crippen molar-refractivity contribution in [2.24, 2.45) is 0 Å². The number of rotatable bonds is 0. The van der Waals surface area contributed by atoms with Crippen LogP contribution in [0.25, 0.3) is 0 Å². The quantitative estimate of drug-likeness (QED) is 0.720. The topological polar surface area (TPSA) is 12.0 Å². The number of fused-ring (bicyclic) bond motifs is 1. The third-order valence-corrected chi connectivity index (χ3v) is 2.47. The van der Waals surface area contributed by atoms with E-state index in [2.05, 4.69) is 46.1 Å². The molecule has 0 unspecified atom stereocenters. The normalized spacial score (nSPS) is 13.9. The summed E-state index contributed by atoms with van der Waals surface area (Å²) < 4.78 is 1.33. The van der Waals surface area contributed by atoms with Gasteiger partial charge in [-0.05, 0) is 45.9 Å². The molecule has 0 aliphatic carbocycles. The largest absolute Gasteiger partial charge is 0.309 e. The molecule has 0 spiro atoms. The van der Waals surface area contributed by atoms with Gasteiger partial charge in [0.2, 0.25) is 0 Å². The van der Waals surface area contributed by atoms with Crippen LogP contribution in [0.5, 0.6) is 0 Å². The molecule has 1 aromatic rings. The van der Waals surface area contributed by atoms with Gasteiger partial charge in [-0.15, -0.1) is 12.4 Å². The highest BCUT2D eigenvalue weighted by molar-refractivity contribution is 14.1. The SMILES string of the molecule is Cl.Ic1ccc2c(c1)CNC2. The van der Waals surface area contributed by atoms with Crippen molar-refractivity contribution in [3.05, 3.63) is 32.9 Å². The van der Waals surface area contributed by atoms with Crippen molar-refractivity contribution in [1.82, 2.24) is 5.32 Å². The summed E-state index contributed by atoms with van der Waals surface area (Å²) in [5.74, 6) is 0. The van der Waals surface area contributed by atoms with Gasteiger partial charge in [0.05, 0.1) is 0 Å². The molecule has 0 atom stereocenters. The van der Waals surface area contributed by atoms with Gasteiger partial charge < -0.3 is 5.32 Å². The molecule has 0 saturated heterocycles. The molecular weight excluding hydrogens is 272 g/mol. The molecule has 1 heterocycles. The van der Waals surface area contributed by atoms with E-state index in [0.29, 0.717) is 0 Å². The third kappa shape index (κ3) is 1.86. The summed E-state index contributed by atoms with van der Waals surface area (Å²) in [6, 6.07) is 6.61. The van der Waals surface area contributed by atoms with Crippen molar-refractivity contribution in [2.45, 2.75) is 13.1 Å². The lowest BCUT2D eigenvalue weighted by Gasteiger charge is -1.95. The molecule has 0 saturated carbocycles. The molecular formula is C8H9ClIN. The van der Waals surface area contributed by atoms with Crippen molar-refractivity contribution in [3.8, 4) is 0 Å².